The molecule has 0 saturated carbocycles. The van der Waals surface area contributed by atoms with Gasteiger partial charge in [-0.3, -0.25) is 9.59 Å². The minimum atomic E-state index is -0.632. The minimum Gasteiger partial charge on any atom is -0.350 e. The summed E-state index contributed by atoms with van der Waals surface area (Å²) in [5, 5.41) is 2.82. The molecule has 0 radical (unpaired) electrons. The van der Waals surface area contributed by atoms with E-state index in [1.807, 2.05) is 24.3 Å². The van der Waals surface area contributed by atoms with Gasteiger partial charge < -0.3 is 10.2 Å². The number of nitrogens with zero attached hydrogens (tertiary/aromatic N) is 1. The molecule has 5 heteroatoms. The number of amides is 2. The number of fused-ring (bicyclic) bond motifs is 1. The van der Waals surface area contributed by atoms with Crippen molar-refractivity contribution in [3.05, 3.63) is 71.0 Å². The van der Waals surface area contributed by atoms with E-state index in [0.29, 0.717) is 13.0 Å². The van der Waals surface area contributed by atoms with E-state index in [9.17, 15) is 14.0 Å². The van der Waals surface area contributed by atoms with Crippen LogP contribution in [0.4, 0.5) is 4.39 Å². The Morgan fingerprint density at radius 1 is 1.22 bits per heavy atom. The first kappa shape index (κ1) is 15.2. The topological polar surface area (TPSA) is 49.4 Å². The monoisotopic (exact) mass is 312 g/mol. The fourth-order valence-electron chi connectivity index (χ4n) is 2.81. The van der Waals surface area contributed by atoms with E-state index < -0.39 is 6.04 Å². The third-order valence-electron chi connectivity index (χ3n) is 4.10. The number of rotatable bonds is 3. The summed E-state index contributed by atoms with van der Waals surface area (Å²) in [5.74, 6) is -0.630. The van der Waals surface area contributed by atoms with Crippen molar-refractivity contribution in [2.45, 2.75) is 19.0 Å². The molecule has 4 nitrogen and oxygen atoms in total. The molecule has 1 aliphatic heterocycles. The predicted octanol–water partition coefficient (Wildman–Crippen LogP) is 2.20. The highest BCUT2D eigenvalue weighted by Crippen LogP contribution is 2.29. The Hall–Kier alpha value is -2.69. The fraction of sp³-hybridized carbons (Fsp3) is 0.222. The summed E-state index contributed by atoms with van der Waals surface area (Å²) in [7, 11) is 1.64. The number of likely N-dealkylation sites (N-methyl/N-ethyl adjacent to an activating group) is 1. The van der Waals surface area contributed by atoms with Gasteiger partial charge in [-0.1, -0.05) is 36.4 Å². The highest BCUT2D eigenvalue weighted by Gasteiger charge is 2.34. The second-order valence-electron chi connectivity index (χ2n) is 5.63. The molecule has 0 bridgehead atoms. The SMILES string of the molecule is CN1C(=O)Cc2ccccc2[C@@H]1C(=O)NCc1ccc(F)cc1. The molecule has 0 aliphatic carbocycles. The smallest absolute Gasteiger partial charge is 0.247 e. The maximum atomic E-state index is 12.9. The summed E-state index contributed by atoms with van der Waals surface area (Å²) >= 11 is 0. The molecule has 2 aromatic carbocycles. The van der Waals surface area contributed by atoms with Gasteiger partial charge in [0.2, 0.25) is 11.8 Å². The molecule has 0 fully saturated rings. The number of halogens is 1. The third kappa shape index (κ3) is 3.08. The molecule has 1 aliphatic rings. The maximum absolute atomic E-state index is 12.9. The summed E-state index contributed by atoms with van der Waals surface area (Å²) in [6.45, 7) is 0.291. The summed E-state index contributed by atoms with van der Waals surface area (Å²) in [4.78, 5) is 26.1. The molecular weight excluding hydrogens is 295 g/mol. The van der Waals surface area contributed by atoms with E-state index in [1.54, 1.807) is 19.2 Å². The van der Waals surface area contributed by atoms with Crippen molar-refractivity contribution in [1.29, 1.82) is 0 Å². The molecule has 1 heterocycles. The zero-order chi connectivity index (χ0) is 16.4. The van der Waals surface area contributed by atoms with Gasteiger partial charge in [0, 0.05) is 13.6 Å². The minimum absolute atomic E-state index is 0.0781. The molecule has 0 spiro atoms. The normalized spacial score (nSPS) is 16.9. The molecule has 23 heavy (non-hydrogen) atoms. The van der Waals surface area contributed by atoms with Crippen molar-refractivity contribution < 1.29 is 14.0 Å². The molecule has 2 amide bonds. The Morgan fingerprint density at radius 3 is 2.65 bits per heavy atom. The molecule has 1 atom stereocenters. The van der Waals surface area contributed by atoms with Crippen molar-refractivity contribution in [3.8, 4) is 0 Å². The first-order valence-electron chi connectivity index (χ1n) is 7.42. The first-order valence-corrected chi connectivity index (χ1v) is 7.42. The molecule has 0 aromatic heterocycles. The second-order valence-corrected chi connectivity index (χ2v) is 5.63. The van der Waals surface area contributed by atoms with Gasteiger partial charge in [0.05, 0.1) is 6.42 Å². The van der Waals surface area contributed by atoms with Gasteiger partial charge in [-0.05, 0) is 28.8 Å². The molecule has 2 aromatic rings. The zero-order valence-corrected chi connectivity index (χ0v) is 12.8. The Morgan fingerprint density at radius 2 is 1.91 bits per heavy atom. The number of carbonyl (C=O) groups excluding carboxylic acids is 2. The van der Waals surface area contributed by atoms with Crippen LogP contribution in [0.15, 0.2) is 48.5 Å². The second kappa shape index (κ2) is 6.20. The standard InChI is InChI=1S/C18H17FN2O2/c1-21-16(22)10-13-4-2-3-5-15(13)17(21)18(23)20-11-12-6-8-14(19)9-7-12/h2-9,17H,10-11H2,1H3,(H,20,23)/t17-/m1/s1. The van der Waals surface area contributed by atoms with Crippen molar-refractivity contribution >= 4 is 11.8 Å². The summed E-state index contributed by atoms with van der Waals surface area (Å²) in [6.07, 6.45) is 0.314. The molecule has 1 N–H and O–H groups in total. The van der Waals surface area contributed by atoms with Crippen LogP contribution in [0.3, 0.4) is 0 Å². The van der Waals surface area contributed by atoms with Crippen LogP contribution in [0.1, 0.15) is 22.7 Å². The fourth-order valence-corrected chi connectivity index (χ4v) is 2.81. The van der Waals surface area contributed by atoms with Gasteiger partial charge in [0.1, 0.15) is 11.9 Å². The van der Waals surface area contributed by atoms with Crippen molar-refractivity contribution in [2.24, 2.45) is 0 Å². The van der Waals surface area contributed by atoms with Crippen LogP contribution in [-0.4, -0.2) is 23.8 Å². The van der Waals surface area contributed by atoms with Crippen LogP contribution in [-0.2, 0) is 22.6 Å². The van der Waals surface area contributed by atoms with Crippen molar-refractivity contribution in [1.82, 2.24) is 10.2 Å². The van der Waals surface area contributed by atoms with E-state index in [1.165, 1.54) is 17.0 Å². The summed E-state index contributed by atoms with van der Waals surface area (Å²) < 4.78 is 12.9. The van der Waals surface area contributed by atoms with Gasteiger partial charge >= 0.3 is 0 Å². The highest BCUT2D eigenvalue weighted by atomic mass is 19.1. The lowest BCUT2D eigenvalue weighted by Gasteiger charge is -2.33. The van der Waals surface area contributed by atoms with Gasteiger partial charge in [-0.2, -0.15) is 0 Å². The van der Waals surface area contributed by atoms with Crippen LogP contribution in [0.2, 0.25) is 0 Å². The van der Waals surface area contributed by atoms with Crippen LogP contribution in [0.25, 0.3) is 0 Å². The number of nitrogens with one attached hydrogen (secondary N) is 1. The largest absolute Gasteiger partial charge is 0.350 e. The predicted molar refractivity (Wildman–Crippen MR) is 83.9 cm³/mol. The van der Waals surface area contributed by atoms with Crippen LogP contribution in [0, 0.1) is 5.82 Å². The van der Waals surface area contributed by atoms with E-state index >= 15 is 0 Å². The van der Waals surface area contributed by atoms with E-state index in [2.05, 4.69) is 5.32 Å². The van der Waals surface area contributed by atoms with Gasteiger partial charge in [0.25, 0.3) is 0 Å². The first-order chi connectivity index (χ1) is 11.1. The average Bonchev–Trinajstić information content (AvgIpc) is 2.55. The lowest BCUT2D eigenvalue weighted by Crippen LogP contribution is -2.45. The van der Waals surface area contributed by atoms with E-state index in [0.717, 1.165) is 16.7 Å². The average molecular weight is 312 g/mol. The molecule has 118 valence electrons. The lowest BCUT2D eigenvalue weighted by molar-refractivity contribution is -0.140. The third-order valence-corrected chi connectivity index (χ3v) is 4.10. The van der Waals surface area contributed by atoms with E-state index in [4.69, 9.17) is 0 Å². The van der Waals surface area contributed by atoms with Gasteiger partial charge in [0.15, 0.2) is 0 Å². The van der Waals surface area contributed by atoms with Crippen LogP contribution < -0.4 is 5.32 Å². The quantitative estimate of drug-likeness (QED) is 0.944. The molecule has 0 saturated heterocycles. The van der Waals surface area contributed by atoms with Crippen LogP contribution >= 0.6 is 0 Å². The number of hydrogen-bond acceptors (Lipinski definition) is 2. The van der Waals surface area contributed by atoms with Crippen molar-refractivity contribution in [2.75, 3.05) is 7.05 Å². The zero-order valence-electron chi connectivity index (χ0n) is 12.8. The van der Waals surface area contributed by atoms with E-state index in [-0.39, 0.29) is 17.6 Å². The lowest BCUT2D eigenvalue weighted by atomic mass is 9.92. The number of hydrogen-bond donors (Lipinski definition) is 1. The van der Waals surface area contributed by atoms with Gasteiger partial charge in [-0.25, -0.2) is 4.39 Å². The van der Waals surface area contributed by atoms with Crippen molar-refractivity contribution in [3.63, 3.8) is 0 Å². The Balaban J connectivity index is 1.78. The Labute approximate surface area is 133 Å². The van der Waals surface area contributed by atoms with Gasteiger partial charge in [-0.15, -0.1) is 0 Å². The number of carbonyl (C=O) groups is 2. The van der Waals surface area contributed by atoms with Crippen LogP contribution in [0.5, 0.6) is 0 Å². The Kier molecular flexibility index (Phi) is 4.10. The summed E-state index contributed by atoms with van der Waals surface area (Å²) in [6, 6.07) is 12.8. The summed E-state index contributed by atoms with van der Waals surface area (Å²) in [5.41, 5.74) is 2.54. The molecule has 3 rings (SSSR count). The highest BCUT2D eigenvalue weighted by molar-refractivity contribution is 5.92. The number of benzene rings is 2. The maximum Gasteiger partial charge on any atom is 0.247 e. The molecule has 0 unspecified atom stereocenters. The Bertz CT molecular complexity index is 743. The molecular formula is C18H17FN2O2.